The number of aromatic hydroxyl groups is 1. The van der Waals surface area contributed by atoms with Gasteiger partial charge in [-0.25, -0.2) is 14.0 Å². The molecule has 0 aliphatic heterocycles. The second-order valence-electron chi connectivity index (χ2n) is 15.1. The maximum absolute atomic E-state index is 9.45. The van der Waals surface area contributed by atoms with Crippen molar-refractivity contribution in [3.63, 3.8) is 0 Å². The zero-order valence-corrected chi connectivity index (χ0v) is 45.9. The number of nitrogens with zero attached hydrogens (tertiary/aromatic N) is 10. The van der Waals surface area contributed by atoms with E-state index in [1.807, 2.05) is 133 Å². The Morgan fingerprint density at radius 2 is 0.922 bits per heavy atom. The molecule has 0 fully saturated rings. The highest BCUT2D eigenvalue weighted by atomic mass is 127. The number of nitrogens with one attached hydrogen (secondary N) is 1. The Labute approximate surface area is 478 Å². The number of aromatic nitrogens is 11. The van der Waals surface area contributed by atoms with Crippen LogP contribution in [0.1, 0.15) is 14.9 Å². The molecule has 4 aromatic carbocycles. The number of pyridine rings is 3. The number of aromatic amines is 1. The molecule has 11 rings (SSSR count). The van der Waals surface area contributed by atoms with Gasteiger partial charge in [0, 0.05) is 94.9 Å². The molecule has 0 bridgehead atoms. The van der Waals surface area contributed by atoms with Gasteiger partial charge in [0.2, 0.25) is 0 Å². The van der Waals surface area contributed by atoms with Gasteiger partial charge in [-0.2, -0.15) is 20.4 Å². The van der Waals surface area contributed by atoms with Gasteiger partial charge in [0.25, 0.3) is 0 Å². The monoisotopic (exact) mass is 1280 g/mol. The van der Waals surface area contributed by atoms with E-state index >= 15 is 0 Å². The highest BCUT2D eigenvalue weighted by Gasteiger charge is 2.08. The van der Waals surface area contributed by atoms with Crippen molar-refractivity contribution in [2.75, 3.05) is 21.3 Å². The third kappa shape index (κ3) is 20.6. The number of hydrogen-bond acceptors (Lipinski definition) is 13. The van der Waals surface area contributed by atoms with Crippen LogP contribution in [-0.4, -0.2) is 98.1 Å². The Morgan fingerprint density at radius 1 is 0.494 bits per heavy atom. The summed E-state index contributed by atoms with van der Waals surface area (Å²) < 4.78 is 23.8. The molecule has 0 aliphatic carbocycles. The van der Waals surface area contributed by atoms with Crippen molar-refractivity contribution in [1.29, 1.82) is 0 Å². The molecule has 0 atom stereocenters. The van der Waals surface area contributed by atoms with Crippen LogP contribution in [0.4, 0.5) is 0 Å². The number of ether oxygens (including phenoxy) is 3. The summed E-state index contributed by atoms with van der Waals surface area (Å²) >= 11 is 8.79. The van der Waals surface area contributed by atoms with E-state index in [1.165, 1.54) is 16.0 Å². The minimum absolute atomic E-state index is 0. The lowest BCUT2D eigenvalue weighted by molar-refractivity contribution is 0.414. The van der Waals surface area contributed by atoms with Gasteiger partial charge < -0.3 is 29.4 Å². The maximum Gasteiger partial charge on any atom is 0.488 e. The van der Waals surface area contributed by atoms with Crippen LogP contribution in [0.3, 0.4) is 0 Å². The van der Waals surface area contributed by atoms with E-state index in [0.29, 0.717) is 5.46 Å². The number of phenolic OH excluding ortho intramolecular Hbond substituents is 1. The highest BCUT2D eigenvalue weighted by molar-refractivity contribution is 14.1. The van der Waals surface area contributed by atoms with Crippen molar-refractivity contribution in [3.8, 4) is 62.3 Å². The Bertz CT molecular complexity index is 3360. The van der Waals surface area contributed by atoms with Gasteiger partial charge in [-0.1, -0.05) is 39.1 Å². The molecule has 0 spiro atoms. The van der Waals surface area contributed by atoms with E-state index in [-0.39, 0.29) is 20.6 Å². The fourth-order valence-corrected chi connectivity index (χ4v) is 7.27. The predicted molar refractivity (Wildman–Crippen MR) is 319 cm³/mol. The van der Waals surface area contributed by atoms with Crippen LogP contribution in [0.15, 0.2) is 229 Å². The first kappa shape index (κ1) is 61.6. The van der Waals surface area contributed by atoms with Gasteiger partial charge in [-0.3, -0.25) is 20.1 Å². The molecule has 4 N–H and O–H groups in total. The lowest BCUT2D eigenvalue weighted by atomic mass is 9.81. The predicted octanol–water partition coefficient (Wildman–Crippen LogP) is 11.7. The molecule has 0 saturated carbocycles. The second kappa shape index (κ2) is 33.2. The van der Waals surface area contributed by atoms with Gasteiger partial charge in [0.1, 0.15) is 23.0 Å². The summed E-state index contributed by atoms with van der Waals surface area (Å²) in [6.07, 6.45) is 24.7. The van der Waals surface area contributed by atoms with Crippen molar-refractivity contribution in [2.24, 2.45) is 0 Å². The van der Waals surface area contributed by atoms with Crippen LogP contribution in [0, 0.1) is 3.57 Å². The minimum atomic E-state index is -1.38. The Hall–Kier alpha value is -7.96. The number of phenols is 1. The van der Waals surface area contributed by atoms with Gasteiger partial charge in [-0.15, -0.1) is 0 Å². The van der Waals surface area contributed by atoms with Crippen LogP contribution >= 0.6 is 54.5 Å². The SMILES string of the molecule is Brc1cn[nH]c1.C.C.COc1cccc(-n2cc(-c3ccncc3)cn2)c1.COc1cccc(-n2cc(Br)cn2)c1.COc1cccc(I)c1.OB(O)c1ccncc1.Oc1cccc(-n2cc(-c3ccncc3)cn2)c1. The normalized spacial score (nSPS) is 9.66. The molecule has 396 valence electrons. The molecule has 7 heterocycles. The first-order valence-electron chi connectivity index (χ1n) is 22.4. The third-order valence-corrected chi connectivity index (χ3v) is 11.5. The minimum Gasteiger partial charge on any atom is -0.508 e. The average Bonchev–Trinajstić information content (AvgIpc) is 4.33. The highest BCUT2D eigenvalue weighted by Crippen LogP contribution is 2.23. The zero-order chi connectivity index (χ0) is 53.2. The fourth-order valence-electron chi connectivity index (χ4n) is 6.26. The van der Waals surface area contributed by atoms with Gasteiger partial charge in [0.15, 0.2) is 0 Å². The molecule has 21 heteroatoms. The van der Waals surface area contributed by atoms with Crippen molar-refractivity contribution in [3.05, 3.63) is 233 Å². The molecule has 17 nitrogen and oxygen atoms in total. The van der Waals surface area contributed by atoms with Crippen molar-refractivity contribution < 1.29 is 29.4 Å². The average molecular weight is 1280 g/mol. The molecular formula is C56H57BBr2IN11O6. The topological polar surface area (TPSA) is 209 Å². The summed E-state index contributed by atoms with van der Waals surface area (Å²) in [6.45, 7) is 0. The summed E-state index contributed by atoms with van der Waals surface area (Å²) in [5.74, 6) is 2.79. The quantitative estimate of drug-likeness (QED) is 0.0784. The Kier molecular flexibility index (Phi) is 26.5. The second-order valence-corrected chi connectivity index (χ2v) is 18.2. The fraction of sp³-hybridized carbons (Fsp3) is 0.0893. The van der Waals surface area contributed by atoms with Crippen molar-refractivity contribution in [2.45, 2.75) is 14.9 Å². The van der Waals surface area contributed by atoms with E-state index in [1.54, 1.807) is 111 Å². The largest absolute Gasteiger partial charge is 0.508 e. The van der Waals surface area contributed by atoms with E-state index in [9.17, 15) is 5.11 Å². The lowest BCUT2D eigenvalue weighted by Crippen LogP contribution is -2.29. The molecular weight excluding hydrogens is 1220 g/mol. The van der Waals surface area contributed by atoms with Crippen LogP contribution in [0.2, 0.25) is 0 Å². The van der Waals surface area contributed by atoms with Crippen LogP contribution in [0.25, 0.3) is 39.3 Å². The van der Waals surface area contributed by atoms with Crippen LogP contribution in [0.5, 0.6) is 23.0 Å². The molecule has 11 aromatic rings. The molecule has 0 amide bonds. The molecule has 0 saturated heterocycles. The summed E-state index contributed by atoms with van der Waals surface area (Å²) in [5.41, 5.74) is 7.49. The molecule has 77 heavy (non-hydrogen) atoms. The van der Waals surface area contributed by atoms with E-state index in [2.05, 4.69) is 94.9 Å². The van der Waals surface area contributed by atoms with Crippen molar-refractivity contribution >= 4 is 67.0 Å². The van der Waals surface area contributed by atoms with Crippen LogP contribution in [-0.2, 0) is 0 Å². The van der Waals surface area contributed by atoms with E-state index in [4.69, 9.17) is 24.3 Å². The van der Waals surface area contributed by atoms with Gasteiger partial charge in [-0.05, 0) is 162 Å². The zero-order valence-electron chi connectivity index (χ0n) is 40.5. The first-order chi connectivity index (χ1) is 36.5. The Morgan fingerprint density at radius 3 is 1.29 bits per heavy atom. The molecule has 7 aromatic heterocycles. The van der Waals surface area contributed by atoms with Crippen LogP contribution < -0.4 is 19.7 Å². The number of H-pyrrole nitrogens is 1. The molecule has 0 radical (unpaired) electrons. The first-order valence-corrected chi connectivity index (χ1v) is 25.1. The summed E-state index contributed by atoms with van der Waals surface area (Å²) in [4.78, 5) is 11.7. The number of halogens is 3. The smallest absolute Gasteiger partial charge is 0.488 e. The standard InChI is InChI=1S/C15H13N3O.C14H11N3O.C10H9BrN2O.C7H7IO.C5H6BNO2.C3H3BrN2.2CH4/c1-19-15-4-2-3-14(9-15)18-11-13(10-17-18)12-5-7-16-8-6-12;18-14-3-1-2-13(8-14)17-10-12(9-16-17)11-4-6-15-7-5-11;1-14-10-4-2-3-9(5-10)13-7-8(11)6-12-13;1-9-7-4-2-3-6(8)5-7;8-6(9)5-1-3-7-4-2-5;4-3-1-5-6-2-3;;/h2-11H,1H3;1-10,18H;2-7H,1H3;2-5H,1H3;1-4,8-9H;1-2H,(H,5,6);2*1H4. The summed E-state index contributed by atoms with van der Waals surface area (Å²) in [7, 11) is 3.60. The molecule has 0 unspecified atom stereocenters. The number of benzene rings is 4. The Balaban J connectivity index is 0.000000206. The van der Waals surface area contributed by atoms with Gasteiger partial charge >= 0.3 is 7.12 Å². The number of methoxy groups -OCH3 is 3. The third-order valence-electron chi connectivity index (χ3n) is 9.97. The molecule has 0 aliphatic rings. The summed E-state index contributed by atoms with van der Waals surface area (Å²) in [5, 5.41) is 45.7. The van der Waals surface area contributed by atoms with Crippen molar-refractivity contribution in [1.82, 2.24) is 54.5 Å². The number of hydrogen-bond donors (Lipinski definition) is 4. The number of rotatable bonds is 9. The van der Waals surface area contributed by atoms with Gasteiger partial charge in [0.05, 0.1) is 72.1 Å². The summed E-state index contributed by atoms with van der Waals surface area (Å²) in [6, 6.07) is 41.3. The van der Waals surface area contributed by atoms with E-state index < -0.39 is 7.12 Å². The maximum atomic E-state index is 9.45. The lowest BCUT2D eigenvalue weighted by Gasteiger charge is -2.03. The van der Waals surface area contributed by atoms with E-state index in [0.717, 1.165) is 65.5 Å².